The fraction of sp³-hybridized carbons (Fsp3) is 0.538. The summed E-state index contributed by atoms with van der Waals surface area (Å²) in [7, 11) is 0. The van der Waals surface area contributed by atoms with Gasteiger partial charge >= 0.3 is 275 Å². The van der Waals surface area contributed by atoms with Crippen LogP contribution < -0.4 is 9.81 Å². The molecule has 0 aliphatic heterocycles. The van der Waals surface area contributed by atoms with E-state index in [0.29, 0.717) is 36.3 Å². The topological polar surface area (TPSA) is 9.72 Å². The van der Waals surface area contributed by atoms with Gasteiger partial charge in [-0.15, -0.1) is 0 Å². The van der Waals surface area contributed by atoms with E-state index >= 15 is 0 Å². The zero-order valence-corrected chi connectivity index (χ0v) is 32.8. The molecule has 0 saturated heterocycles. The van der Waals surface area contributed by atoms with Gasteiger partial charge in [-0.3, -0.25) is 0 Å². The first kappa shape index (κ1) is 35.9. The zero-order chi connectivity index (χ0) is 31.8. The Labute approximate surface area is 273 Å². The van der Waals surface area contributed by atoms with Gasteiger partial charge in [-0.2, -0.15) is 0 Å². The van der Waals surface area contributed by atoms with Gasteiger partial charge in [-0.25, -0.2) is 0 Å². The first-order valence-corrected chi connectivity index (χ1v) is 21.8. The molecule has 0 fully saturated rings. The first-order valence-electron chi connectivity index (χ1n) is 16.6. The molecule has 4 heteroatoms. The summed E-state index contributed by atoms with van der Waals surface area (Å²) >= 11 is -2.49. The minimum absolute atomic E-state index is 0.535. The summed E-state index contributed by atoms with van der Waals surface area (Å²) < 4.78 is 4.66. The van der Waals surface area contributed by atoms with Crippen molar-refractivity contribution in [3.63, 3.8) is 0 Å². The Balaban J connectivity index is 1.96. The van der Waals surface area contributed by atoms with E-state index in [2.05, 4.69) is 171 Å². The van der Waals surface area contributed by atoms with Gasteiger partial charge in [0.15, 0.2) is 0 Å². The maximum absolute atomic E-state index is 2.57. The van der Waals surface area contributed by atoms with E-state index < -0.39 is 21.8 Å². The van der Waals surface area contributed by atoms with Crippen molar-refractivity contribution in [2.45, 2.75) is 139 Å². The molecular weight excluding hydrogens is 719 g/mol. The molecule has 0 spiro atoms. The van der Waals surface area contributed by atoms with E-state index in [1.807, 2.05) is 0 Å². The van der Waals surface area contributed by atoms with Crippen molar-refractivity contribution < 1.29 is 0 Å². The standard InChI is InChI=1S/3C13H20N.Bi/c3*1-11(2)14(12(3)4)10-13-8-6-5-7-9-13;/h3*6-9,11-12H,10H2,1-4H3;. The average Bonchev–Trinajstić information content (AvgIpc) is 2.94. The fourth-order valence-electron chi connectivity index (χ4n) is 6.22. The van der Waals surface area contributed by atoms with E-state index in [4.69, 9.17) is 0 Å². The third kappa shape index (κ3) is 10.2. The zero-order valence-electron chi connectivity index (χ0n) is 29.3. The second-order valence-corrected chi connectivity index (χ2v) is 22.5. The van der Waals surface area contributed by atoms with E-state index in [1.165, 1.54) is 16.7 Å². The van der Waals surface area contributed by atoms with Crippen molar-refractivity contribution in [3.8, 4) is 0 Å². The fourth-order valence-corrected chi connectivity index (χ4v) is 14.9. The van der Waals surface area contributed by atoms with Crippen molar-refractivity contribution in [1.82, 2.24) is 14.7 Å². The Morgan fingerprint density at radius 1 is 0.349 bits per heavy atom. The minimum atomic E-state index is -2.49. The van der Waals surface area contributed by atoms with Crippen LogP contribution in [0.15, 0.2) is 72.8 Å². The number of rotatable bonds is 15. The summed E-state index contributed by atoms with van der Waals surface area (Å²) in [5.74, 6) is 0. The molecule has 3 aromatic carbocycles. The van der Waals surface area contributed by atoms with Crippen molar-refractivity contribution in [3.05, 3.63) is 89.5 Å². The van der Waals surface area contributed by atoms with Crippen LogP contribution in [0, 0.1) is 0 Å². The van der Waals surface area contributed by atoms with Gasteiger partial charge in [0.25, 0.3) is 0 Å². The van der Waals surface area contributed by atoms with Crippen LogP contribution in [-0.4, -0.2) is 72.7 Å². The molecule has 0 atom stereocenters. The van der Waals surface area contributed by atoms with Crippen molar-refractivity contribution >= 4 is 31.6 Å². The number of hydrogen-bond acceptors (Lipinski definition) is 3. The summed E-state index contributed by atoms with van der Waals surface area (Å²) in [4.78, 5) is 7.71. The second kappa shape index (κ2) is 16.7. The molecule has 0 N–H and O–H groups in total. The van der Waals surface area contributed by atoms with Crippen molar-refractivity contribution in [2.75, 3.05) is 0 Å². The third-order valence-corrected chi connectivity index (χ3v) is 18.2. The SMILES string of the molecule is CC(C)N(Cc1cc[c]([Bi]([c]2ccc(CN(C(C)C)C(C)C)cc2)[c]2ccc(CN(C(C)C)C(C)C)cc2)cc1)C(C)C. The average molecular weight is 780 g/mol. The van der Waals surface area contributed by atoms with Gasteiger partial charge in [0.1, 0.15) is 0 Å². The Morgan fingerprint density at radius 3 is 0.698 bits per heavy atom. The molecule has 0 aliphatic rings. The summed E-state index contributed by atoms with van der Waals surface area (Å²) in [5.41, 5.74) is 4.22. The molecule has 0 aliphatic carbocycles. The van der Waals surface area contributed by atoms with E-state index in [1.54, 1.807) is 9.81 Å². The number of hydrogen-bond donors (Lipinski definition) is 0. The van der Waals surface area contributed by atoms with Crippen LogP contribution in [0.3, 0.4) is 0 Å². The monoisotopic (exact) mass is 779 g/mol. The van der Waals surface area contributed by atoms with E-state index in [0.717, 1.165) is 19.6 Å². The van der Waals surface area contributed by atoms with Gasteiger partial charge in [-0.1, -0.05) is 0 Å². The first-order chi connectivity index (χ1) is 20.3. The summed E-state index contributed by atoms with van der Waals surface area (Å²) in [5, 5.41) is 0. The van der Waals surface area contributed by atoms with Gasteiger partial charge in [0, 0.05) is 0 Å². The van der Waals surface area contributed by atoms with Crippen molar-refractivity contribution in [2.24, 2.45) is 0 Å². The molecule has 3 rings (SSSR count). The number of benzene rings is 3. The molecule has 0 heterocycles. The van der Waals surface area contributed by atoms with Gasteiger partial charge in [0.05, 0.1) is 0 Å². The van der Waals surface area contributed by atoms with Crippen LogP contribution in [0.5, 0.6) is 0 Å². The molecule has 236 valence electrons. The van der Waals surface area contributed by atoms with E-state index in [-0.39, 0.29) is 0 Å². The molecule has 43 heavy (non-hydrogen) atoms. The molecule has 0 bridgehead atoms. The van der Waals surface area contributed by atoms with Gasteiger partial charge in [0.2, 0.25) is 0 Å². The van der Waals surface area contributed by atoms with E-state index in [9.17, 15) is 0 Å². The molecule has 0 amide bonds. The Morgan fingerprint density at radius 2 is 0.535 bits per heavy atom. The molecule has 0 aromatic heterocycles. The van der Waals surface area contributed by atoms with Crippen LogP contribution in [0.1, 0.15) is 99.8 Å². The van der Waals surface area contributed by atoms with Crippen LogP contribution in [0.2, 0.25) is 0 Å². The molecule has 3 aromatic rings. The Kier molecular flexibility index (Phi) is 13.9. The second-order valence-electron chi connectivity index (χ2n) is 13.9. The molecular formula is C39H60BiN3. The van der Waals surface area contributed by atoms with Gasteiger partial charge < -0.3 is 0 Å². The van der Waals surface area contributed by atoms with Crippen molar-refractivity contribution in [1.29, 1.82) is 0 Å². The summed E-state index contributed by atoms with van der Waals surface area (Å²) in [6.07, 6.45) is 0. The predicted molar refractivity (Wildman–Crippen MR) is 191 cm³/mol. The van der Waals surface area contributed by atoms with Crippen LogP contribution in [0.25, 0.3) is 0 Å². The number of nitrogens with zero attached hydrogens (tertiary/aromatic N) is 3. The predicted octanol–water partition coefficient (Wildman–Crippen LogP) is 7.06. The van der Waals surface area contributed by atoms with Gasteiger partial charge in [-0.05, 0) is 0 Å². The Bertz CT molecular complexity index is 1030. The summed E-state index contributed by atoms with van der Waals surface area (Å²) in [6, 6.07) is 32.3. The molecule has 0 saturated carbocycles. The van der Waals surface area contributed by atoms with Crippen LogP contribution in [-0.2, 0) is 19.6 Å². The Hall–Kier alpha value is -1.58. The quantitative estimate of drug-likeness (QED) is 0.153. The molecule has 0 unspecified atom stereocenters. The summed E-state index contributed by atoms with van der Waals surface area (Å²) in [6.45, 7) is 30.6. The third-order valence-electron chi connectivity index (χ3n) is 8.66. The maximum atomic E-state index is 2.57. The van der Waals surface area contributed by atoms with Crippen LogP contribution >= 0.6 is 0 Å². The molecule has 3 nitrogen and oxygen atoms in total. The molecule has 0 radical (unpaired) electrons. The van der Waals surface area contributed by atoms with Crippen LogP contribution in [0.4, 0.5) is 0 Å². The normalized spacial score (nSPS) is 12.7.